The first-order chi connectivity index (χ1) is 13.9. The van der Waals surface area contributed by atoms with Crippen LogP contribution in [-0.4, -0.2) is 37.0 Å². The lowest BCUT2D eigenvalue weighted by Crippen LogP contribution is -2.30. The Morgan fingerprint density at radius 1 is 1.10 bits per heavy atom. The number of hydrogen-bond donors (Lipinski definition) is 1. The van der Waals surface area contributed by atoms with E-state index in [0.29, 0.717) is 23.2 Å². The average Bonchev–Trinajstić information content (AvgIpc) is 3.19. The number of nitrogens with zero attached hydrogens (tertiary/aromatic N) is 3. The molecule has 0 spiro atoms. The lowest BCUT2D eigenvalue weighted by Gasteiger charge is -2.18. The lowest BCUT2D eigenvalue weighted by molar-refractivity contribution is 0.445. The van der Waals surface area contributed by atoms with Crippen molar-refractivity contribution in [2.24, 2.45) is 5.10 Å². The molecule has 1 aromatic heterocycles. The number of halogens is 1. The van der Waals surface area contributed by atoms with Crippen LogP contribution in [0.1, 0.15) is 19.4 Å². The predicted molar refractivity (Wildman–Crippen MR) is 120 cm³/mol. The van der Waals surface area contributed by atoms with Crippen LogP contribution in [0.5, 0.6) is 0 Å². The molecule has 3 rings (SSSR count). The van der Waals surface area contributed by atoms with Gasteiger partial charge in [0.15, 0.2) is 0 Å². The summed E-state index contributed by atoms with van der Waals surface area (Å²) in [6.45, 7) is 4.54. The van der Waals surface area contributed by atoms with Gasteiger partial charge < -0.3 is 0 Å². The summed E-state index contributed by atoms with van der Waals surface area (Å²) in [6.07, 6.45) is 1.68. The Balaban J connectivity index is 1.69. The number of nitrogens with one attached hydrogen (secondary N) is 1. The Labute approximate surface area is 179 Å². The van der Waals surface area contributed by atoms with Crippen molar-refractivity contribution in [2.75, 3.05) is 18.5 Å². The molecule has 0 atom stereocenters. The highest BCUT2D eigenvalue weighted by Gasteiger charge is 2.21. The molecular formula is C20H21ClN4O2S2. The third-order valence-corrected chi connectivity index (χ3v) is 7.30. The first kappa shape index (κ1) is 21.4. The maximum Gasteiger partial charge on any atom is 0.243 e. The van der Waals surface area contributed by atoms with Gasteiger partial charge in [0.1, 0.15) is 0 Å². The molecule has 1 heterocycles. The van der Waals surface area contributed by atoms with E-state index in [1.807, 2.05) is 31.4 Å². The summed E-state index contributed by atoms with van der Waals surface area (Å²) in [7, 11) is -3.46. The summed E-state index contributed by atoms with van der Waals surface area (Å²) in [4.78, 5) is 4.78. The molecule has 0 unspecified atom stereocenters. The number of benzene rings is 2. The summed E-state index contributed by atoms with van der Waals surface area (Å²) < 4.78 is 26.6. The minimum absolute atomic E-state index is 0.283. The average molecular weight is 449 g/mol. The zero-order chi connectivity index (χ0) is 20.9. The van der Waals surface area contributed by atoms with Gasteiger partial charge >= 0.3 is 0 Å². The first-order valence-electron chi connectivity index (χ1n) is 9.04. The van der Waals surface area contributed by atoms with Gasteiger partial charge in [0.2, 0.25) is 15.2 Å². The molecule has 0 aliphatic rings. The van der Waals surface area contributed by atoms with Crippen LogP contribution in [0, 0.1) is 0 Å². The van der Waals surface area contributed by atoms with Crippen LogP contribution in [0.3, 0.4) is 0 Å². The molecule has 0 radical (unpaired) electrons. The molecule has 0 bridgehead atoms. The van der Waals surface area contributed by atoms with Gasteiger partial charge in [-0.05, 0) is 29.8 Å². The second-order valence-corrected chi connectivity index (χ2v) is 9.31. The van der Waals surface area contributed by atoms with Gasteiger partial charge in [-0.1, -0.05) is 49.7 Å². The summed E-state index contributed by atoms with van der Waals surface area (Å²) in [5, 5.41) is 7.40. The van der Waals surface area contributed by atoms with Crippen LogP contribution in [0.4, 0.5) is 5.13 Å². The number of hydrogen-bond acceptors (Lipinski definition) is 6. The second-order valence-electron chi connectivity index (χ2n) is 6.07. The normalized spacial score (nSPS) is 12.0. The molecular weight excluding hydrogens is 428 g/mol. The Morgan fingerprint density at radius 3 is 2.38 bits per heavy atom. The molecule has 152 valence electrons. The molecule has 9 heteroatoms. The van der Waals surface area contributed by atoms with E-state index in [0.717, 1.165) is 16.8 Å². The fourth-order valence-electron chi connectivity index (χ4n) is 2.68. The van der Waals surface area contributed by atoms with Crippen LogP contribution in [0.25, 0.3) is 11.3 Å². The van der Waals surface area contributed by atoms with Crippen molar-refractivity contribution in [2.45, 2.75) is 18.7 Å². The molecule has 0 saturated heterocycles. The minimum atomic E-state index is -3.46. The number of hydrazone groups is 1. The van der Waals surface area contributed by atoms with E-state index >= 15 is 0 Å². The molecule has 0 aliphatic heterocycles. The molecule has 1 N–H and O–H groups in total. The quantitative estimate of drug-likeness (QED) is 0.391. The first-order valence-corrected chi connectivity index (χ1v) is 11.7. The van der Waals surface area contributed by atoms with E-state index in [1.54, 1.807) is 42.6 Å². The second kappa shape index (κ2) is 9.49. The number of thiazole rings is 1. The Hall–Kier alpha value is -2.26. The van der Waals surface area contributed by atoms with Gasteiger partial charge in [0.25, 0.3) is 0 Å². The van der Waals surface area contributed by atoms with Crippen LogP contribution in [0.2, 0.25) is 5.02 Å². The zero-order valence-electron chi connectivity index (χ0n) is 16.0. The van der Waals surface area contributed by atoms with E-state index in [1.165, 1.54) is 15.6 Å². The third kappa shape index (κ3) is 5.22. The zero-order valence-corrected chi connectivity index (χ0v) is 18.4. The number of aromatic nitrogens is 1. The molecule has 0 fully saturated rings. The Kier molecular flexibility index (Phi) is 7.02. The van der Waals surface area contributed by atoms with Gasteiger partial charge in [-0.2, -0.15) is 9.41 Å². The highest BCUT2D eigenvalue weighted by atomic mass is 35.5. The monoisotopic (exact) mass is 448 g/mol. The summed E-state index contributed by atoms with van der Waals surface area (Å²) in [5.41, 5.74) is 5.42. The van der Waals surface area contributed by atoms with E-state index in [-0.39, 0.29) is 4.90 Å². The van der Waals surface area contributed by atoms with E-state index in [2.05, 4.69) is 15.5 Å². The smallest absolute Gasteiger partial charge is 0.243 e. The maximum atomic E-state index is 12.6. The van der Waals surface area contributed by atoms with Gasteiger partial charge in [-0.25, -0.2) is 13.4 Å². The third-order valence-electron chi connectivity index (χ3n) is 4.24. The van der Waals surface area contributed by atoms with Gasteiger partial charge in [0, 0.05) is 29.1 Å². The minimum Gasteiger partial charge on any atom is -0.253 e. The Morgan fingerprint density at radius 2 is 1.76 bits per heavy atom. The van der Waals surface area contributed by atoms with E-state index in [4.69, 9.17) is 11.6 Å². The molecule has 3 aromatic rings. The number of anilines is 1. The standard InChI is InChI=1S/C20H21ClN4O2S2/c1-3-25(4-2)29(26,27)18-11-7-16(8-12-18)19-14-28-20(23-19)24-22-13-15-5-9-17(21)10-6-15/h5-14H,3-4H2,1-2H3,(H,23,24)/b22-13+. The lowest BCUT2D eigenvalue weighted by atomic mass is 10.2. The van der Waals surface area contributed by atoms with Crippen molar-refractivity contribution in [3.63, 3.8) is 0 Å². The van der Waals surface area contributed by atoms with Crippen molar-refractivity contribution in [1.82, 2.24) is 9.29 Å². The number of sulfonamides is 1. The van der Waals surface area contributed by atoms with Crippen molar-refractivity contribution in [1.29, 1.82) is 0 Å². The fourth-order valence-corrected chi connectivity index (χ4v) is 4.93. The van der Waals surface area contributed by atoms with Crippen molar-refractivity contribution in [3.8, 4) is 11.3 Å². The van der Waals surface area contributed by atoms with E-state index in [9.17, 15) is 8.42 Å². The molecule has 2 aromatic carbocycles. The SMILES string of the molecule is CCN(CC)S(=O)(=O)c1ccc(-c2csc(N/N=C/c3ccc(Cl)cc3)n2)cc1. The summed E-state index contributed by atoms with van der Waals surface area (Å²) in [5.74, 6) is 0. The molecule has 29 heavy (non-hydrogen) atoms. The summed E-state index contributed by atoms with van der Waals surface area (Å²) >= 11 is 7.28. The van der Waals surface area contributed by atoms with Crippen molar-refractivity contribution < 1.29 is 8.42 Å². The van der Waals surface area contributed by atoms with Gasteiger partial charge in [0.05, 0.1) is 16.8 Å². The van der Waals surface area contributed by atoms with Crippen molar-refractivity contribution >= 4 is 44.3 Å². The fraction of sp³-hybridized carbons (Fsp3) is 0.200. The largest absolute Gasteiger partial charge is 0.253 e. The number of rotatable bonds is 8. The molecule has 0 saturated carbocycles. The molecule has 6 nitrogen and oxygen atoms in total. The highest BCUT2D eigenvalue weighted by molar-refractivity contribution is 7.89. The predicted octanol–water partition coefficient (Wildman–Crippen LogP) is 4.94. The van der Waals surface area contributed by atoms with Crippen LogP contribution >= 0.6 is 22.9 Å². The highest BCUT2D eigenvalue weighted by Crippen LogP contribution is 2.26. The van der Waals surface area contributed by atoms with Crippen LogP contribution < -0.4 is 5.43 Å². The van der Waals surface area contributed by atoms with E-state index < -0.39 is 10.0 Å². The Bertz CT molecular complexity index is 1070. The van der Waals surface area contributed by atoms with Gasteiger partial charge in [-0.15, -0.1) is 11.3 Å². The maximum absolute atomic E-state index is 12.6. The molecule has 0 amide bonds. The van der Waals surface area contributed by atoms with Crippen molar-refractivity contribution in [3.05, 3.63) is 64.5 Å². The summed E-state index contributed by atoms with van der Waals surface area (Å²) in [6, 6.07) is 14.1. The topological polar surface area (TPSA) is 74.7 Å². The van der Waals surface area contributed by atoms with Crippen LogP contribution in [0.15, 0.2) is 63.9 Å². The molecule has 0 aliphatic carbocycles. The van der Waals surface area contributed by atoms with Crippen LogP contribution in [-0.2, 0) is 10.0 Å². The van der Waals surface area contributed by atoms with Gasteiger partial charge in [-0.3, -0.25) is 5.43 Å².